The molecule has 0 fully saturated rings. The number of hydrogen-bond donors (Lipinski definition) is 3. The van der Waals surface area contributed by atoms with E-state index < -0.39 is 0 Å². The summed E-state index contributed by atoms with van der Waals surface area (Å²) in [6.07, 6.45) is 3.75. The molecule has 1 heterocycles. The van der Waals surface area contributed by atoms with E-state index in [0.29, 0.717) is 17.1 Å². The van der Waals surface area contributed by atoms with Crippen molar-refractivity contribution >= 4 is 48.9 Å². The molecule has 0 aliphatic rings. The van der Waals surface area contributed by atoms with E-state index in [4.69, 9.17) is 10.8 Å². The van der Waals surface area contributed by atoms with Crippen molar-refractivity contribution in [2.75, 3.05) is 18.9 Å². The molecule has 4 nitrogen and oxygen atoms in total. The lowest BCUT2D eigenvalue weighted by atomic mass is 10.2. The molecule has 1 aromatic carbocycles. The van der Waals surface area contributed by atoms with Gasteiger partial charge in [-0.05, 0) is 31.0 Å². The Hall–Kier alpha value is -1.11. The van der Waals surface area contributed by atoms with Gasteiger partial charge < -0.3 is 16.2 Å². The van der Waals surface area contributed by atoms with Gasteiger partial charge in [0.15, 0.2) is 0 Å². The summed E-state index contributed by atoms with van der Waals surface area (Å²) in [6.45, 7) is 0.877. The van der Waals surface area contributed by atoms with E-state index in [1.807, 2.05) is 18.2 Å². The Bertz CT molecular complexity index is 627. The number of rotatable bonds is 7. The first-order chi connectivity index (χ1) is 10.1. The van der Waals surface area contributed by atoms with Crippen molar-refractivity contribution in [3.63, 3.8) is 0 Å². The van der Waals surface area contributed by atoms with Crippen LogP contribution in [0, 0.1) is 0 Å². The zero-order valence-electron chi connectivity index (χ0n) is 11.7. The maximum absolute atomic E-state index is 12.2. The quantitative estimate of drug-likeness (QED) is 0.652. The van der Waals surface area contributed by atoms with Gasteiger partial charge in [-0.15, -0.1) is 11.3 Å². The van der Waals surface area contributed by atoms with Crippen molar-refractivity contribution in [3.8, 4) is 0 Å². The van der Waals surface area contributed by atoms with E-state index in [1.54, 1.807) is 0 Å². The third-order valence-electron chi connectivity index (χ3n) is 3.27. The Balaban J connectivity index is 1.95. The largest absolute Gasteiger partial charge is 0.397 e. The van der Waals surface area contributed by atoms with E-state index in [2.05, 4.69) is 21.2 Å². The number of aliphatic hydroxyl groups is 1. The number of fused-ring (bicyclic) bond motifs is 1. The summed E-state index contributed by atoms with van der Waals surface area (Å²) in [5.74, 6) is -0.105. The number of aliphatic hydroxyl groups excluding tert-OH is 1. The van der Waals surface area contributed by atoms with Gasteiger partial charge in [-0.2, -0.15) is 0 Å². The maximum atomic E-state index is 12.2. The number of carbonyl (C=O) groups excluding carboxylic acids is 1. The van der Waals surface area contributed by atoms with Gasteiger partial charge in [-0.3, -0.25) is 4.79 Å². The normalized spacial score (nSPS) is 11.0. The van der Waals surface area contributed by atoms with E-state index >= 15 is 0 Å². The van der Waals surface area contributed by atoms with Crippen molar-refractivity contribution < 1.29 is 9.90 Å². The summed E-state index contributed by atoms with van der Waals surface area (Å²) >= 11 is 4.84. The molecule has 21 heavy (non-hydrogen) atoms. The summed E-state index contributed by atoms with van der Waals surface area (Å²) in [5, 5.41) is 12.5. The predicted octanol–water partition coefficient (Wildman–Crippen LogP) is 3.53. The molecule has 0 saturated heterocycles. The molecule has 4 N–H and O–H groups in total. The molecule has 1 aromatic heterocycles. The number of nitrogen functional groups attached to an aromatic ring is 1. The molecule has 6 heteroatoms. The topological polar surface area (TPSA) is 75.4 Å². The van der Waals surface area contributed by atoms with Crippen LogP contribution < -0.4 is 11.1 Å². The molecule has 0 aliphatic heterocycles. The van der Waals surface area contributed by atoms with Gasteiger partial charge in [0.1, 0.15) is 4.88 Å². The number of amides is 1. The predicted molar refractivity (Wildman–Crippen MR) is 91.8 cm³/mol. The number of benzene rings is 1. The number of halogens is 1. The van der Waals surface area contributed by atoms with Crippen LogP contribution in [0.2, 0.25) is 0 Å². The van der Waals surface area contributed by atoms with Crippen LogP contribution in [0.5, 0.6) is 0 Å². The Labute approximate surface area is 136 Å². The van der Waals surface area contributed by atoms with E-state index in [-0.39, 0.29) is 12.5 Å². The second-order valence-corrected chi connectivity index (χ2v) is 6.85. The molecule has 0 atom stereocenters. The number of nitrogens with two attached hydrogens (primary N) is 1. The first kappa shape index (κ1) is 16.3. The summed E-state index contributed by atoms with van der Waals surface area (Å²) in [5.41, 5.74) is 6.63. The maximum Gasteiger partial charge on any atom is 0.263 e. The van der Waals surface area contributed by atoms with Crippen molar-refractivity contribution in [1.82, 2.24) is 5.32 Å². The minimum absolute atomic E-state index is 0.105. The highest BCUT2D eigenvalue weighted by atomic mass is 79.9. The fourth-order valence-electron chi connectivity index (χ4n) is 2.13. The Kier molecular flexibility index (Phi) is 6.02. The lowest BCUT2D eigenvalue weighted by Gasteiger charge is -2.04. The summed E-state index contributed by atoms with van der Waals surface area (Å²) in [6, 6.07) is 5.85. The molecule has 0 spiro atoms. The molecular formula is C15H19BrN2O2S. The Morgan fingerprint density at radius 3 is 2.81 bits per heavy atom. The van der Waals surface area contributed by atoms with Gasteiger partial charge in [0.05, 0.1) is 5.69 Å². The molecule has 2 rings (SSSR count). The van der Waals surface area contributed by atoms with E-state index in [0.717, 1.165) is 40.2 Å². The highest BCUT2D eigenvalue weighted by Crippen LogP contribution is 2.35. The number of carbonyl (C=O) groups is 1. The average molecular weight is 371 g/mol. The van der Waals surface area contributed by atoms with Crippen LogP contribution in [0.4, 0.5) is 5.69 Å². The highest BCUT2D eigenvalue weighted by molar-refractivity contribution is 9.10. The summed E-state index contributed by atoms with van der Waals surface area (Å²) in [7, 11) is 0. The van der Waals surface area contributed by atoms with Gasteiger partial charge in [0.2, 0.25) is 0 Å². The number of unbranched alkanes of at least 4 members (excludes halogenated alkanes) is 3. The summed E-state index contributed by atoms with van der Waals surface area (Å²) < 4.78 is 1.97. The summed E-state index contributed by atoms with van der Waals surface area (Å²) in [4.78, 5) is 12.8. The molecule has 114 valence electrons. The molecule has 1 amide bonds. The smallest absolute Gasteiger partial charge is 0.263 e. The van der Waals surface area contributed by atoms with Crippen LogP contribution in [0.3, 0.4) is 0 Å². The van der Waals surface area contributed by atoms with Gasteiger partial charge >= 0.3 is 0 Å². The van der Waals surface area contributed by atoms with Crippen LogP contribution in [-0.4, -0.2) is 24.2 Å². The van der Waals surface area contributed by atoms with Gasteiger partial charge in [0, 0.05) is 27.7 Å². The van der Waals surface area contributed by atoms with Gasteiger partial charge in [-0.25, -0.2) is 0 Å². The molecule has 0 unspecified atom stereocenters. The average Bonchev–Trinajstić information content (AvgIpc) is 2.79. The second kappa shape index (κ2) is 7.77. The first-order valence-electron chi connectivity index (χ1n) is 7.00. The van der Waals surface area contributed by atoms with Crippen molar-refractivity contribution in [1.29, 1.82) is 0 Å². The van der Waals surface area contributed by atoms with Crippen LogP contribution in [0.1, 0.15) is 35.4 Å². The fourth-order valence-corrected chi connectivity index (χ4v) is 3.51. The van der Waals surface area contributed by atoms with Crippen LogP contribution in [0.15, 0.2) is 22.7 Å². The number of thiophene rings is 1. The molecule has 0 aliphatic carbocycles. The third kappa shape index (κ3) is 4.18. The minimum Gasteiger partial charge on any atom is -0.397 e. The van der Waals surface area contributed by atoms with Gasteiger partial charge in [-0.1, -0.05) is 28.8 Å². The SMILES string of the molecule is Nc1c(C(=O)NCCCCCCO)sc2ccc(Br)cc12. The fraction of sp³-hybridized carbons (Fsp3) is 0.400. The van der Waals surface area contributed by atoms with Gasteiger partial charge in [0.25, 0.3) is 5.91 Å². The lowest BCUT2D eigenvalue weighted by Crippen LogP contribution is -2.24. The Morgan fingerprint density at radius 2 is 2.05 bits per heavy atom. The highest BCUT2D eigenvalue weighted by Gasteiger charge is 2.15. The zero-order chi connectivity index (χ0) is 15.2. The van der Waals surface area contributed by atoms with Crippen molar-refractivity contribution in [2.45, 2.75) is 25.7 Å². The minimum atomic E-state index is -0.105. The molecule has 2 aromatic rings. The zero-order valence-corrected chi connectivity index (χ0v) is 14.1. The third-order valence-corrected chi connectivity index (χ3v) is 4.94. The van der Waals surface area contributed by atoms with Crippen molar-refractivity contribution in [2.24, 2.45) is 0 Å². The van der Waals surface area contributed by atoms with Crippen LogP contribution >= 0.6 is 27.3 Å². The Morgan fingerprint density at radius 1 is 1.29 bits per heavy atom. The molecule has 0 saturated carbocycles. The van der Waals surface area contributed by atoms with E-state index in [9.17, 15) is 4.79 Å². The number of nitrogens with one attached hydrogen (secondary N) is 1. The number of hydrogen-bond acceptors (Lipinski definition) is 4. The van der Waals surface area contributed by atoms with Crippen LogP contribution in [-0.2, 0) is 0 Å². The second-order valence-electron chi connectivity index (χ2n) is 4.88. The molecule has 0 radical (unpaired) electrons. The van der Waals surface area contributed by atoms with Crippen LogP contribution in [0.25, 0.3) is 10.1 Å². The number of anilines is 1. The standard InChI is InChI=1S/C15H19BrN2O2S/c16-10-5-6-12-11(9-10)13(17)14(21-12)15(20)18-7-3-1-2-4-8-19/h5-6,9,19H,1-4,7-8,17H2,(H,18,20). The molecule has 0 bridgehead atoms. The lowest BCUT2D eigenvalue weighted by molar-refractivity contribution is 0.0957. The van der Waals surface area contributed by atoms with Crippen molar-refractivity contribution in [3.05, 3.63) is 27.5 Å². The van der Waals surface area contributed by atoms with E-state index in [1.165, 1.54) is 11.3 Å². The monoisotopic (exact) mass is 370 g/mol. The first-order valence-corrected chi connectivity index (χ1v) is 8.61. The molecular weight excluding hydrogens is 352 g/mol.